The highest BCUT2D eigenvalue weighted by molar-refractivity contribution is 6.25. The third-order valence-electron chi connectivity index (χ3n) is 13.3. The molecule has 1 atom stereocenters. The summed E-state index contributed by atoms with van der Waals surface area (Å²) in [6.45, 7) is 1.97. The molecule has 3 aliphatic heterocycles. The zero-order valence-corrected chi connectivity index (χ0v) is 38.0. The molecule has 3 aromatic heterocycles. The van der Waals surface area contributed by atoms with E-state index in [9.17, 15) is 33.2 Å². The van der Waals surface area contributed by atoms with Crippen molar-refractivity contribution in [2.45, 2.75) is 57.4 Å². The highest BCUT2D eigenvalue weighted by atomic mass is 19.1. The van der Waals surface area contributed by atoms with Crippen molar-refractivity contribution in [3.8, 4) is 17.2 Å². The number of halogens is 1. The summed E-state index contributed by atoms with van der Waals surface area (Å²) >= 11 is 0. The number of hydrogen-bond acceptors (Lipinski definition) is 14. The molecule has 10 rings (SSSR count). The second-order valence-corrected chi connectivity index (χ2v) is 17.8. The molecule has 1 aliphatic carbocycles. The summed E-state index contributed by atoms with van der Waals surface area (Å²) in [5, 5.41) is 11.7. The first-order valence-corrected chi connectivity index (χ1v) is 23.1. The summed E-state index contributed by atoms with van der Waals surface area (Å²) in [4.78, 5) is 98.5. The van der Waals surface area contributed by atoms with Crippen molar-refractivity contribution in [3.05, 3.63) is 126 Å². The molecule has 18 nitrogen and oxygen atoms in total. The minimum atomic E-state index is -1.18. The van der Waals surface area contributed by atoms with Crippen LogP contribution in [-0.2, 0) is 32.0 Å². The summed E-state index contributed by atoms with van der Waals surface area (Å²) in [6, 6.07) is 18.4. The molecule has 6 amide bonds. The molecule has 70 heavy (non-hydrogen) atoms. The van der Waals surface area contributed by atoms with Crippen LogP contribution in [-0.4, -0.2) is 93.1 Å². The molecule has 1 unspecified atom stereocenters. The van der Waals surface area contributed by atoms with E-state index in [2.05, 4.69) is 41.1 Å². The summed E-state index contributed by atoms with van der Waals surface area (Å²) < 4.78 is 25.6. The van der Waals surface area contributed by atoms with Crippen molar-refractivity contribution < 1.29 is 42.6 Å². The van der Waals surface area contributed by atoms with Gasteiger partial charge in [-0.05, 0) is 117 Å². The van der Waals surface area contributed by atoms with Crippen LogP contribution in [0.5, 0.6) is 17.2 Å². The second-order valence-electron chi connectivity index (χ2n) is 17.8. The minimum absolute atomic E-state index is 0.0377. The lowest BCUT2D eigenvalue weighted by molar-refractivity contribution is -0.136. The topological polar surface area (TPSA) is 227 Å². The number of methoxy groups -OCH3 is 1. The van der Waals surface area contributed by atoms with Gasteiger partial charge in [-0.1, -0.05) is 0 Å². The maximum atomic E-state index is 13.4. The first kappa shape index (κ1) is 45.4. The third kappa shape index (κ3) is 9.16. The Morgan fingerprint density at radius 2 is 1.49 bits per heavy atom. The van der Waals surface area contributed by atoms with E-state index in [1.54, 1.807) is 56.0 Å². The predicted molar refractivity (Wildman–Crippen MR) is 254 cm³/mol. The SMILES string of the molecule is COc1cc2c(Oc3ccc(NC(=O)C4(C(=O)Nc5ccc(F)cc5)CC4)cc3)ccnc2cc1N1CCC(Cc2cnc(CCNc3nccc4c3C(=O)N(C3CCC(=O)NC3=O)C4=O)cn2)CC1. The number of benzene rings is 3. The molecule has 4 aliphatic rings. The fourth-order valence-corrected chi connectivity index (χ4v) is 9.23. The number of aromatic nitrogens is 4. The van der Waals surface area contributed by atoms with Crippen LogP contribution in [0.1, 0.15) is 70.6 Å². The highest BCUT2D eigenvalue weighted by Crippen LogP contribution is 2.48. The number of fused-ring (bicyclic) bond motifs is 2. The number of nitrogens with zero attached hydrogens (tertiary/aromatic N) is 6. The first-order valence-electron chi connectivity index (χ1n) is 23.1. The van der Waals surface area contributed by atoms with E-state index >= 15 is 0 Å². The summed E-state index contributed by atoms with van der Waals surface area (Å²) in [5.41, 5.74) is 3.31. The number of amides is 6. The van der Waals surface area contributed by atoms with E-state index in [1.165, 1.54) is 36.5 Å². The lowest BCUT2D eigenvalue weighted by atomic mass is 9.92. The lowest BCUT2D eigenvalue weighted by Crippen LogP contribution is -2.54. The number of rotatable bonds is 15. The van der Waals surface area contributed by atoms with Gasteiger partial charge in [-0.25, -0.2) is 9.37 Å². The van der Waals surface area contributed by atoms with Gasteiger partial charge in [-0.2, -0.15) is 0 Å². The average Bonchev–Trinajstić information content (AvgIpc) is 4.15. The Morgan fingerprint density at radius 1 is 0.800 bits per heavy atom. The van der Waals surface area contributed by atoms with E-state index in [4.69, 9.17) is 14.5 Å². The van der Waals surface area contributed by atoms with Gasteiger partial charge in [0.1, 0.15) is 40.3 Å². The zero-order chi connectivity index (χ0) is 48.5. The molecular formula is C51H47FN10O8. The maximum absolute atomic E-state index is 13.4. The van der Waals surface area contributed by atoms with Crippen LogP contribution < -0.4 is 35.6 Å². The Morgan fingerprint density at radius 3 is 2.16 bits per heavy atom. The number of nitrogens with one attached hydrogen (secondary N) is 4. The van der Waals surface area contributed by atoms with Gasteiger partial charge in [-0.3, -0.25) is 53.9 Å². The normalized spacial score (nSPS) is 17.5. The molecule has 3 fully saturated rings. The number of anilines is 4. The molecule has 2 saturated heterocycles. The lowest BCUT2D eigenvalue weighted by Gasteiger charge is -2.34. The average molecular weight is 947 g/mol. The number of carbonyl (C=O) groups excluding carboxylic acids is 6. The van der Waals surface area contributed by atoms with Crippen molar-refractivity contribution in [1.29, 1.82) is 0 Å². The maximum Gasteiger partial charge on any atom is 0.266 e. The molecule has 0 spiro atoms. The van der Waals surface area contributed by atoms with Gasteiger partial charge in [0, 0.05) is 74.0 Å². The summed E-state index contributed by atoms with van der Waals surface area (Å²) in [7, 11) is 1.64. The van der Waals surface area contributed by atoms with Crippen LogP contribution in [0.3, 0.4) is 0 Å². The van der Waals surface area contributed by atoms with Crippen LogP contribution in [0, 0.1) is 17.2 Å². The predicted octanol–water partition coefficient (Wildman–Crippen LogP) is 6.23. The van der Waals surface area contributed by atoms with E-state index in [1.807, 2.05) is 12.1 Å². The number of carbonyl (C=O) groups is 6. The molecule has 3 aromatic carbocycles. The molecule has 6 heterocycles. The van der Waals surface area contributed by atoms with Gasteiger partial charge in [0.05, 0.1) is 40.8 Å². The van der Waals surface area contributed by atoms with Crippen molar-refractivity contribution >= 4 is 69.2 Å². The Kier molecular flexibility index (Phi) is 12.3. The fourth-order valence-electron chi connectivity index (χ4n) is 9.23. The van der Waals surface area contributed by atoms with E-state index in [0.29, 0.717) is 60.3 Å². The van der Waals surface area contributed by atoms with Crippen molar-refractivity contribution in [2.75, 3.05) is 47.6 Å². The van der Waals surface area contributed by atoms with Gasteiger partial charge < -0.3 is 30.3 Å². The highest BCUT2D eigenvalue weighted by Gasteiger charge is 2.56. The minimum Gasteiger partial charge on any atom is -0.495 e. The monoisotopic (exact) mass is 946 g/mol. The van der Waals surface area contributed by atoms with Crippen molar-refractivity contribution in [3.63, 3.8) is 0 Å². The van der Waals surface area contributed by atoms with Crippen LogP contribution in [0.4, 0.5) is 27.3 Å². The van der Waals surface area contributed by atoms with Crippen LogP contribution in [0.2, 0.25) is 0 Å². The fraction of sp³-hybridized carbons (Fsp3) is 0.294. The van der Waals surface area contributed by atoms with E-state index in [0.717, 1.165) is 65.2 Å². The van der Waals surface area contributed by atoms with Gasteiger partial charge in [-0.15, -0.1) is 0 Å². The molecule has 19 heteroatoms. The van der Waals surface area contributed by atoms with Crippen LogP contribution >= 0.6 is 0 Å². The Hall–Kier alpha value is -8.35. The summed E-state index contributed by atoms with van der Waals surface area (Å²) in [6.07, 6.45) is 10.7. The van der Waals surface area contributed by atoms with Crippen molar-refractivity contribution in [2.24, 2.45) is 11.3 Å². The first-order chi connectivity index (χ1) is 34.0. The standard InChI is InChI=1S/C51H47FN10O8/c1-69-42-25-37-38(53-21-14-41(37)70-35-8-6-32(7-9-35)59-50(68)51(17-18-51)49(67)58-31-4-2-30(52)3-5-31)26-40(42)61-22-15-29(16-23-61)24-34-28-56-33(27-57-34)12-19-54-45-44-36(13-20-55-45)47(65)62(48(44)66)39-10-11-43(63)60-46(39)64/h2-9,13-14,20-21,25-29,39H,10-12,15-19,22-24H2,1H3,(H,54,55)(H,58,67)(H,59,68)(H,60,63,64). The molecule has 356 valence electrons. The van der Waals surface area contributed by atoms with Crippen LogP contribution in [0.15, 0.2) is 97.6 Å². The molecule has 4 N–H and O–H groups in total. The Balaban J connectivity index is 0.708. The largest absolute Gasteiger partial charge is 0.495 e. The number of pyridine rings is 2. The molecule has 0 radical (unpaired) electrons. The van der Waals surface area contributed by atoms with E-state index in [-0.39, 0.29) is 29.8 Å². The number of ether oxygens (including phenoxy) is 2. The van der Waals surface area contributed by atoms with Crippen molar-refractivity contribution in [1.82, 2.24) is 30.2 Å². The van der Waals surface area contributed by atoms with Crippen LogP contribution in [0.25, 0.3) is 10.9 Å². The zero-order valence-electron chi connectivity index (χ0n) is 38.0. The van der Waals surface area contributed by atoms with E-state index < -0.39 is 52.7 Å². The smallest absolute Gasteiger partial charge is 0.266 e. The number of imide groups is 2. The number of piperidine rings is 2. The molecular weight excluding hydrogens is 900 g/mol. The Bertz CT molecular complexity index is 3050. The second kappa shape index (κ2) is 19.0. The van der Waals surface area contributed by atoms with Gasteiger partial charge in [0.25, 0.3) is 11.8 Å². The Labute approximate surface area is 400 Å². The van der Waals surface area contributed by atoms with Gasteiger partial charge in [0.2, 0.25) is 23.6 Å². The number of hydrogen-bond donors (Lipinski definition) is 4. The van der Waals surface area contributed by atoms with Gasteiger partial charge >= 0.3 is 0 Å². The molecule has 1 saturated carbocycles. The summed E-state index contributed by atoms with van der Waals surface area (Å²) in [5.74, 6) is -1.14. The molecule has 0 bridgehead atoms. The molecule has 6 aromatic rings. The third-order valence-corrected chi connectivity index (χ3v) is 13.3. The quantitative estimate of drug-likeness (QED) is 0.0661. The van der Waals surface area contributed by atoms with Gasteiger partial charge in [0.15, 0.2) is 0 Å².